The maximum Gasteiger partial charge on any atom is 0.272 e. The largest absolute Gasteiger partial charge is 0.336 e. The Morgan fingerprint density at radius 2 is 1.72 bits per heavy atom. The van der Waals surface area contributed by atoms with E-state index in [-0.39, 0.29) is 17.9 Å². The summed E-state index contributed by atoms with van der Waals surface area (Å²) in [6.45, 7) is 4.02. The standard InChI is InChI=1S/C24H32N6O2/c1-27-12-14-29(15-13-27)23(31)17-9-10-20(25-16-17)21-8-5-11-30(21)24(32)22-18-6-3-4-7-19(18)26-28(22)2/h9-10,16,21H,3-8,11-15H2,1-2H3. The number of carbonyl (C=O) groups excluding carboxylic acids is 2. The van der Waals surface area contributed by atoms with Crippen LogP contribution in [0.5, 0.6) is 0 Å². The first-order chi connectivity index (χ1) is 15.5. The van der Waals surface area contributed by atoms with Crippen molar-refractivity contribution in [1.82, 2.24) is 29.5 Å². The lowest BCUT2D eigenvalue weighted by Gasteiger charge is -2.32. The van der Waals surface area contributed by atoms with Crippen molar-refractivity contribution in [3.05, 3.63) is 46.5 Å². The number of amides is 2. The van der Waals surface area contributed by atoms with Gasteiger partial charge in [-0.05, 0) is 57.7 Å². The summed E-state index contributed by atoms with van der Waals surface area (Å²) in [6.07, 6.45) is 7.70. The van der Waals surface area contributed by atoms with Crippen molar-refractivity contribution in [1.29, 1.82) is 0 Å². The molecule has 1 unspecified atom stereocenters. The molecule has 2 aromatic heterocycles. The van der Waals surface area contributed by atoms with Crippen LogP contribution in [0.15, 0.2) is 18.3 Å². The van der Waals surface area contributed by atoms with E-state index in [2.05, 4.69) is 22.0 Å². The molecule has 170 valence electrons. The van der Waals surface area contributed by atoms with Crippen molar-refractivity contribution >= 4 is 11.8 Å². The molecule has 8 nitrogen and oxygen atoms in total. The summed E-state index contributed by atoms with van der Waals surface area (Å²) in [4.78, 5) is 37.1. The maximum absolute atomic E-state index is 13.6. The van der Waals surface area contributed by atoms with Gasteiger partial charge in [0.2, 0.25) is 0 Å². The van der Waals surface area contributed by atoms with E-state index in [1.54, 1.807) is 10.9 Å². The summed E-state index contributed by atoms with van der Waals surface area (Å²) in [5.41, 5.74) is 4.45. The minimum Gasteiger partial charge on any atom is -0.336 e. The SMILES string of the molecule is CN1CCN(C(=O)c2ccc(C3CCCN3C(=O)c3c4c(nn3C)CCCC4)nc2)CC1. The Kier molecular flexibility index (Phi) is 5.71. The number of aryl methyl sites for hydroxylation is 2. The van der Waals surface area contributed by atoms with Crippen molar-refractivity contribution in [2.45, 2.75) is 44.6 Å². The van der Waals surface area contributed by atoms with Gasteiger partial charge in [-0.3, -0.25) is 19.3 Å². The molecule has 8 heteroatoms. The van der Waals surface area contributed by atoms with Crippen molar-refractivity contribution in [3.8, 4) is 0 Å². The van der Waals surface area contributed by atoms with E-state index >= 15 is 0 Å². The highest BCUT2D eigenvalue weighted by Crippen LogP contribution is 2.34. The monoisotopic (exact) mass is 436 g/mol. The van der Waals surface area contributed by atoms with E-state index < -0.39 is 0 Å². The van der Waals surface area contributed by atoms with Gasteiger partial charge in [-0.15, -0.1) is 0 Å². The minimum absolute atomic E-state index is 0.0398. The molecule has 0 spiro atoms. The highest BCUT2D eigenvalue weighted by Gasteiger charge is 2.35. The smallest absolute Gasteiger partial charge is 0.272 e. The van der Waals surface area contributed by atoms with Crippen LogP contribution < -0.4 is 0 Å². The first kappa shape index (κ1) is 21.1. The van der Waals surface area contributed by atoms with Crippen molar-refractivity contribution in [3.63, 3.8) is 0 Å². The predicted molar refractivity (Wildman–Crippen MR) is 120 cm³/mol. The topological polar surface area (TPSA) is 74.6 Å². The lowest BCUT2D eigenvalue weighted by molar-refractivity contribution is 0.0661. The van der Waals surface area contributed by atoms with Gasteiger partial charge >= 0.3 is 0 Å². The zero-order valence-corrected chi connectivity index (χ0v) is 19.1. The first-order valence-corrected chi connectivity index (χ1v) is 11.8. The van der Waals surface area contributed by atoms with Gasteiger partial charge < -0.3 is 14.7 Å². The summed E-state index contributed by atoms with van der Waals surface area (Å²) in [5.74, 6) is 0.100. The number of hydrogen-bond donors (Lipinski definition) is 0. The summed E-state index contributed by atoms with van der Waals surface area (Å²) in [7, 11) is 3.96. The molecule has 0 N–H and O–H groups in total. The number of hydrogen-bond acceptors (Lipinski definition) is 5. The molecule has 2 fully saturated rings. The number of nitrogens with zero attached hydrogens (tertiary/aromatic N) is 6. The predicted octanol–water partition coefficient (Wildman–Crippen LogP) is 2.06. The van der Waals surface area contributed by atoms with Crippen LogP contribution >= 0.6 is 0 Å². The normalized spacial score (nSPS) is 21.6. The van der Waals surface area contributed by atoms with Crippen LogP contribution in [-0.2, 0) is 19.9 Å². The highest BCUT2D eigenvalue weighted by atomic mass is 16.2. The molecule has 4 heterocycles. The first-order valence-electron chi connectivity index (χ1n) is 11.8. The number of likely N-dealkylation sites (tertiary alicyclic amines) is 1. The average Bonchev–Trinajstić information content (AvgIpc) is 3.43. The molecule has 3 aliphatic rings. The molecule has 5 rings (SSSR count). The fraction of sp³-hybridized carbons (Fsp3) is 0.583. The molecule has 2 saturated heterocycles. The number of likely N-dealkylation sites (N-methyl/N-ethyl adjacent to an activating group) is 1. The van der Waals surface area contributed by atoms with Crippen molar-refractivity contribution < 1.29 is 9.59 Å². The maximum atomic E-state index is 13.6. The fourth-order valence-electron chi connectivity index (χ4n) is 5.32. The van der Waals surface area contributed by atoms with Crippen LogP contribution in [-0.4, -0.2) is 81.1 Å². The number of fused-ring (bicyclic) bond motifs is 1. The molecule has 0 saturated carbocycles. The third-order valence-corrected chi connectivity index (χ3v) is 7.20. The molecule has 2 amide bonds. The van der Waals surface area contributed by atoms with Gasteiger partial charge in [-0.25, -0.2) is 0 Å². The van der Waals surface area contributed by atoms with E-state index in [0.717, 1.165) is 93.9 Å². The van der Waals surface area contributed by atoms with Crippen LogP contribution in [0, 0.1) is 0 Å². The van der Waals surface area contributed by atoms with E-state index in [9.17, 15) is 9.59 Å². The van der Waals surface area contributed by atoms with Crippen LogP contribution in [0.4, 0.5) is 0 Å². The van der Waals surface area contributed by atoms with E-state index in [1.807, 2.05) is 29.0 Å². The van der Waals surface area contributed by atoms with Gasteiger partial charge in [0, 0.05) is 51.5 Å². The third-order valence-electron chi connectivity index (χ3n) is 7.20. The molecule has 2 aromatic rings. The Balaban J connectivity index is 1.33. The number of pyridine rings is 1. The molecule has 1 aliphatic carbocycles. The molecule has 0 aromatic carbocycles. The Labute approximate surface area is 189 Å². The number of rotatable bonds is 3. The Hall–Kier alpha value is -2.74. The number of carbonyl (C=O) groups is 2. The van der Waals surface area contributed by atoms with Gasteiger partial charge in [-0.1, -0.05) is 0 Å². The average molecular weight is 437 g/mol. The fourth-order valence-corrected chi connectivity index (χ4v) is 5.32. The van der Waals surface area contributed by atoms with Crippen molar-refractivity contribution in [2.24, 2.45) is 7.05 Å². The lowest BCUT2D eigenvalue weighted by atomic mass is 9.95. The zero-order valence-electron chi connectivity index (χ0n) is 19.1. The molecule has 0 bridgehead atoms. The molecule has 2 aliphatic heterocycles. The Morgan fingerprint density at radius 3 is 2.47 bits per heavy atom. The van der Waals surface area contributed by atoms with Crippen LogP contribution in [0.2, 0.25) is 0 Å². The van der Waals surface area contributed by atoms with Gasteiger partial charge in [-0.2, -0.15) is 5.10 Å². The molecular formula is C24H32N6O2. The Morgan fingerprint density at radius 1 is 0.938 bits per heavy atom. The van der Waals surface area contributed by atoms with Crippen LogP contribution in [0.25, 0.3) is 0 Å². The van der Waals surface area contributed by atoms with E-state index in [4.69, 9.17) is 0 Å². The van der Waals surface area contributed by atoms with Gasteiger partial charge in [0.15, 0.2) is 0 Å². The summed E-state index contributed by atoms with van der Waals surface area (Å²) in [6, 6.07) is 3.75. The number of piperazine rings is 1. The minimum atomic E-state index is -0.0515. The van der Waals surface area contributed by atoms with Crippen LogP contribution in [0.1, 0.15) is 69.5 Å². The quantitative estimate of drug-likeness (QED) is 0.736. The van der Waals surface area contributed by atoms with E-state index in [1.165, 1.54) is 0 Å². The van der Waals surface area contributed by atoms with Gasteiger partial charge in [0.1, 0.15) is 5.69 Å². The second-order valence-corrected chi connectivity index (χ2v) is 9.33. The van der Waals surface area contributed by atoms with E-state index in [0.29, 0.717) is 5.56 Å². The molecule has 1 atom stereocenters. The summed E-state index contributed by atoms with van der Waals surface area (Å²) >= 11 is 0. The van der Waals surface area contributed by atoms with Gasteiger partial charge in [0.05, 0.1) is 23.0 Å². The highest BCUT2D eigenvalue weighted by molar-refractivity contribution is 5.95. The summed E-state index contributed by atoms with van der Waals surface area (Å²) in [5, 5.41) is 4.63. The third kappa shape index (κ3) is 3.81. The number of aromatic nitrogens is 3. The Bertz CT molecular complexity index is 1010. The summed E-state index contributed by atoms with van der Waals surface area (Å²) < 4.78 is 1.78. The van der Waals surface area contributed by atoms with Gasteiger partial charge in [0.25, 0.3) is 11.8 Å². The lowest BCUT2D eigenvalue weighted by Crippen LogP contribution is -2.47. The molecule has 0 radical (unpaired) electrons. The van der Waals surface area contributed by atoms with Crippen molar-refractivity contribution in [2.75, 3.05) is 39.8 Å². The van der Waals surface area contributed by atoms with Crippen LogP contribution in [0.3, 0.4) is 0 Å². The second-order valence-electron chi connectivity index (χ2n) is 9.33. The zero-order chi connectivity index (χ0) is 22.2. The molecular weight excluding hydrogens is 404 g/mol. The second kappa shape index (κ2) is 8.65. The molecule has 32 heavy (non-hydrogen) atoms.